The van der Waals surface area contributed by atoms with Gasteiger partial charge in [-0.15, -0.1) is 0 Å². The predicted octanol–water partition coefficient (Wildman–Crippen LogP) is 4.20. The fourth-order valence-corrected chi connectivity index (χ4v) is 5.52. The van der Waals surface area contributed by atoms with E-state index in [-0.39, 0.29) is 0 Å². The fraction of sp³-hybridized carbons (Fsp3) is 0.375. The number of hydrogen-bond donors (Lipinski definition) is 1. The number of rotatable bonds is 4. The van der Waals surface area contributed by atoms with Gasteiger partial charge in [-0.3, -0.25) is 0 Å². The second-order valence-electron chi connectivity index (χ2n) is 8.57. The van der Waals surface area contributed by atoms with Crippen molar-refractivity contribution in [1.29, 1.82) is 0 Å². The highest BCUT2D eigenvalue weighted by molar-refractivity contribution is 7.00. The van der Waals surface area contributed by atoms with E-state index in [2.05, 4.69) is 8.75 Å². The smallest absolute Gasteiger partial charge is 0.341 e. The molecule has 164 valence electrons. The van der Waals surface area contributed by atoms with Gasteiger partial charge in [-0.05, 0) is 48.2 Å². The Kier molecular flexibility index (Phi) is 4.66. The van der Waals surface area contributed by atoms with Crippen LogP contribution >= 0.6 is 11.7 Å². The van der Waals surface area contributed by atoms with Crippen LogP contribution < -0.4 is 9.47 Å². The Morgan fingerprint density at radius 2 is 1.78 bits per heavy atom. The highest BCUT2D eigenvalue weighted by atomic mass is 32.1. The molecule has 7 nitrogen and oxygen atoms in total. The first kappa shape index (κ1) is 19.7. The Morgan fingerprint density at radius 3 is 2.62 bits per heavy atom. The maximum absolute atomic E-state index is 13.2. The largest absolute Gasteiger partial charge is 0.486 e. The molecule has 0 amide bonds. The molecule has 3 heterocycles. The summed E-state index contributed by atoms with van der Waals surface area (Å²) in [7, 11) is 0. The Balaban J connectivity index is 1.50. The summed E-state index contributed by atoms with van der Waals surface area (Å²) in [5.74, 6) is -0.807. The third kappa shape index (κ3) is 3.17. The van der Waals surface area contributed by atoms with Gasteiger partial charge in [0, 0.05) is 11.1 Å². The van der Waals surface area contributed by atoms with Gasteiger partial charge in [-0.25, -0.2) is 4.79 Å². The average molecular weight is 451 g/mol. The zero-order chi connectivity index (χ0) is 21.7. The second-order valence-corrected chi connectivity index (χ2v) is 9.10. The molecule has 0 bridgehead atoms. The van der Waals surface area contributed by atoms with Gasteiger partial charge in [0.05, 0.1) is 17.3 Å². The van der Waals surface area contributed by atoms with Crippen molar-refractivity contribution in [3.05, 3.63) is 53.1 Å². The summed E-state index contributed by atoms with van der Waals surface area (Å²) < 4.78 is 25.6. The van der Waals surface area contributed by atoms with Crippen LogP contribution in [0.3, 0.4) is 0 Å². The van der Waals surface area contributed by atoms with Crippen LogP contribution in [0.15, 0.2) is 42.0 Å². The molecule has 1 N–H and O–H groups in total. The molecular formula is C24H22N2O5S. The number of aliphatic hydroxyl groups is 1. The molecule has 32 heavy (non-hydrogen) atoms. The molecule has 1 saturated carbocycles. The topological polar surface area (TPSA) is 90.8 Å². The molecule has 1 unspecified atom stereocenters. The van der Waals surface area contributed by atoms with Crippen LogP contribution in [0.1, 0.15) is 43.2 Å². The van der Waals surface area contributed by atoms with Gasteiger partial charge in [-0.2, -0.15) is 8.75 Å². The number of hydrogen-bond acceptors (Lipinski definition) is 8. The molecule has 1 aromatic heterocycles. The number of cyclic esters (lactones) is 1. The summed E-state index contributed by atoms with van der Waals surface area (Å²) in [6.45, 7) is 0.920. The van der Waals surface area contributed by atoms with E-state index in [1.165, 1.54) is 12.8 Å². The molecule has 2 aliphatic heterocycles. The monoisotopic (exact) mass is 450 g/mol. The molecule has 6 rings (SSSR count). The van der Waals surface area contributed by atoms with E-state index < -0.39 is 11.8 Å². The van der Waals surface area contributed by atoms with Crippen molar-refractivity contribution in [3.63, 3.8) is 0 Å². The third-order valence-electron chi connectivity index (χ3n) is 6.60. The Hall–Kier alpha value is -2.97. The van der Waals surface area contributed by atoms with Crippen molar-refractivity contribution in [1.82, 2.24) is 8.75 Å². The number of esters is 1. The van der Waals surface area contributed by atoms with E-state index in [0.717, 1.165) is 35.6 Å². The minimum absolute atomic E-state index is 0.405. The summed E-state index contributed by atoms with van der Waals surface area (Å²) in [6, 6.07) is 10.8. The number of benzene rings is 2. The zero-order valence-corrected chi connectivity index (χ0v) is 18.2. The first-order valence-corrected chi connectivity index (χ1v) is 11.7. The molecule has 2 aromatic carbocycles. The average Bonchev–Trinajstić information content (AvgIpc) is 3.54. The summed E-state index contributed by atoms with van der Waals surface area (Å²) in [5, 5.41) is 11.8. The van der Waals surface area contributed by atoms with E-state index in [1.807, 2.05) is 18.2 Å². The van der Waals surface area contributed by atoms with Gasteiger partial charge in [0.25, 0.3) is 5.79 Å². The van der Waals surface area contributed by atoms with Crippen LogP contribution in [0.5, 0.6) is 11.5 Å². The lowest BCUT2D eigenvalue weighted by Crippen LogP contribution is -2.30. The maximum atomic E-state index is 13.2. The predicted molar refractivity (Wildman–Crippen MR) is 118 cm³/mol. The molecular weight excluding hydrogens is 428 g/mol. The fourth-order valence-electron chi connectivity index (χ4n) is 5.00. The van der Waals surface area contributed by atoms with E-state index >= 15 is 0 Å². The van der Waals surface area contributed by atoms with Crippen molar-refractivity contribution in [3.8, 4) is 11.5 Å². The van der Waals surface area contributed by atoms with Gasteiger partial charge in [0.1, 0.15) is 24.2 Å². The quantitative estimate of drug-likeness (QED) is 0.596. The van der Waals surface area contributed by atoms with Crippen molar-refractivity contribution < 1.29 is 24.1 Å². The third-order valence-corrected chi connectivity index (χ3v) is 7.16. The molecule has 1 aliphatic carbocycles. The van der Waals surface area contributed by atoms with Crippen LogP contribution in [0, 0.1) is 5.92 Å². The van der Waals surface area contributed by atoms with E-state index in [4.69, 9.17) is 14.2 Å². The number of ether oxygens (including phenoxy) is 3. The van der Waals surface area contributed by atoms with Gasteiger partial charge < -0.3 is 19.3 Å². The number of fused-ring (bicyclic) bond motifs is 2. The van der Waals surface area contributed by atoms with Gasteiger partial charge in [0.15, 0.2) is 11.5 Å². The lowest BCUT2D eigenvalue weighted by Gasteiger charge is -2.28. The van der Waals surface area contributed by atoms with Crippen molar-refractivity contribution in [2.45, 2.75) is 37.9 Å². The minimum Gasteiger partial charge on any atom is -0.486 e. The minimum atomic E-state index is -1.85. The van der Waals surface area contributed by atoms with E-state index in [9.17, 15) is 9.90 Å². The Labute approximate surface area is 189 Å². The first-order valence-electron chi connectivity index (χ1n) is 10.9. The normalized spacial score (nSPS) is 23.2. The summed E-state index contributed by atoms with van der Waals surface area (Å²) in [4.78, 5) is 13.2. The maximum Gasteiger partial charge on any atom is 0.341 e. The first-order chi connectivity index (χ1) is 15.6. The number of carbonyl (C=O) groups is 1. The highest BCUT2D eigenvalue weighted by Gasteiger charge is 2.49. The van der Waals surface area contributed by atoms with Crippen molar-refractivity contribution >= 4 is 34.3 Å². The molecule has 0 spiro atoms. The summed E-state index contributed by atoms with van der Waals surface area (Å²) >= 11 is 1.13. The van der Waals surface area contributed by atoms with Gasteiger partial charge in [-0.1, -0.05) is 31.7 Å². The molecule has 3 aliphatic rings. The second kappa shape index (κ2) is 7.56. The lowest BCUT2D eigenvalue weighted by molar-refractivity contribution is -0.185. The van der Waals surface area contributed by atoms with E-state index in [0.29, 0.717) is 59.3 Å². The van der Waals surface area contributed by atoms with Crippen molar-refractivity contribution in [2.24, 2.45) is 5.92 Å². The summed E-state index contributed by atoms with van der Waals surface area (Å²) in [5.41, 5.74) is 3.69. The van der Waals surface area contributed by atoms with Crippen LogP contribution in [0.2, 0.25) is 0 Å². The number of nitrogens with zero attached hydrogens (tertiary/aromatic N) is 2. The SMILES string of the molecule is O=C1OC(O)(c2ccc3c(c2)OCCO3)C(CC2CCCC2)=C1c1ccc2nsnc2c1. The molecule has 1 fully saturated rings. The van der Waals surface area contributed by atoms with Gasteiger partial charge in [0.2, 0.25) is 0 Å². The van der Waals surface area contributed by atoms with E-state index in [1.54, 1.807) is 18.2 Å². The molecule has 8 heteroatoms. The number of aromatic nitrogens is 2. The molecule has 0 radical (unpaired) electrons. The number of carbonyl (C=O) groups excluding carboxylic acids is 1. The van der Waals surface area contributed by atoms with Crippen LogP contribution in [0.25, 0.3) is 16.6 Å². The van der Waals surface area contributed by atoms with Gasteiger partial charge >= 0.3 is 5.97 Å². The summed E-state index contributed by atoms with van der Waals surface area (Å²) in [6.07, 6.45) is 5.09. The van der Waals surface area contributed by atoms with Crippen LogP contribution in [-0.2, 0) is 15.3 Å². The van der Waals surface area contributed by atoms with Crippen LogP contribution in [0.4, 0.5) is 0 Å². The molecule has 1 atom stereocenters. The standard InChI is InChI=1S/C24H22N2O5S/c27-23-22(15-5-7-18-19(12-15)26-32-25-18)17(11-14-3-1-2-4-14)24(28,31-23)16-6-8-20-21(13-16)30-10-9-29-20/h5-8,12-14,28H,1-4,9-11H2. The zero-order valence-electron chi connectivity index (χ0n) is 17.4. The Morgan fingerprint density at radius 1 is 1.00 bits per heavy atom. The highest BCUT2D eigenvalue weighted by Crippen LogP contribution is 2.49. The van der Waals surface area contributed by atoms with Crippen molar-refractivity contribution in [2.75, 3.05) is 13.2 Å². The molecule has 0 saturated heterocycles. The van der Waals surface area contributed by atoms with Crippen LogP contribution in [-0.4, -0.2) is 33.0 Å². The Bertz CT molecular complexity index is 1250. The lowest BCUT2D eigenvalue weighted by atomic mass is 9.85. The molecule has 3 aromatic rings.